The second kappa shape index (κ2) is 5.67. The van der Waals surface area contributed by atoms with Crippen molar-refractivity contribution in [1.29, 1.82) is 0 Å². The number of aromatic carboxylic acids is 1. The molecule has 0 radical (unpaired) electrons. The van der Waals surface area contributed by atoms with Gasteiger partial charge in [-0.05, 0) is 17.9 Å². The summed E-state index contributed by atoms with van der Waals surface area (Å²) < 4.78 is 11.1. The SMILES string of the molecule is CC(C)(C)CCOCc1oc2ccccc2c1C(=O)O. The number of hydrogen-bond acceptors (Lipinski definition) is 3. The molecule has 1 heterocycles. The lowest BCUT2D eigenvalue weighted by Gasteiger charge is -2.17. The number of benzene rings is 1. The molecular weight excluding hydrogens is 256 g/mol. The van der Waals surface area contributed by atoms with E-state index in [0.29, 0.717) is 23.3 Å². The Labute approximate surface area is 118 Å². The summed E-state index contributed by atoms with van der Waals surface area (Å²) in [6.07, 6.45) is 0.912. The number of rotatable bonds is 5. The largest absolute Gasteiger partial charge is 0.478 e. The molecule has 0 atom stereocenters. The van der Waals surface area contributed by atoms with Crippen LogP contribution in [0, 0.1) is 5.41 Å². The molecule has 0 saturated carbocycles. The molecule has 1 aromatic heterocycles. The van der Waals surface area contributed by atoms with Gasteiger partial charge in [-0.15, -0.1) is 0 Å². The summed E-state index contributed by atoms with van der Waals surface area (Å²) >= 11 is 0. The minimum atomic E-state index is -0.982. The summed E-state index contributed by atoms with van der Waals surface area (Å²) in [7, 11) is 0. The van der Waals surface area contributed by atoms with E-state index in [9.17, 15) is 9.90 Å². The molecule has 4 nitrogen and oxygen atoms in total. The first-order valence-electron chi connectivity index (χ1n) is 6.70. The second-order valence-electron chi connectivity index (χ2n) is 6.06. The van der Waals surface area contributed by atoms with Crippen LogP contribution in [0.25, 0.3) is 11.0 Å². The van der Waals surface area contributed by atoms with Crippen LogP contribution in [0.1, 0.15) is 43.3 Å². The van der Waals surface area contributed by atoms with E-state index in [2.05, 4.69) is 20.8 Å². The van der Waals surface area contributed by atoms with Crippen molar-refractivity contribution in [3.63, 3.8) is 0 Å². The van der Waals surface area contributed by atoms with E-state index in [1.54, 1.807) is 18.2 Å². The number of hydrogen-bond donors (Lipinski definition) is 1. The van der Waals surface area contributed by atoms with Gasteiger partial charge in [0.15, 0.2) is 0 Å². The highest BCUT2D eigenvalue weighted by molar-refractivity contribution is 6.03. The Hall–Kier alpha value is -1.81. The number of ether oxygens (including phenoxy) is 1. The Bertz CT molecular complexity index is 604. The lowest BCUT2D eigenvalue weighted by Crippen LogP contribution is -2.10. The molecule has 4 heteroatoms. The molecule has 2 aromatic rings. The van der Waals surface area contributed by atoms with Crippen LogP contribution in [0.3, 0.4) is 0 Å². The maximum absolute atomic E-state index is 11.4. The number of furan rings is 1. The number of para-hydroxylation sites is 1. The zero-order chi connectivity index (χ0) is 14.8. The highest BCUT2D eigenvalue weighted by Gasteiger charge is 2.20. The van der Waals surface area contributed by atoms with E-state index in [1.807, 2.05) is 6.07 Å². The molecule has 1 N–H and O–H groups in total. The first-order valence-corrected chi connectivity index (χ1v) is 6.70. The van der Waals surface area contributed by atoms with Gasteiger partial charge in [-0.1, -0.05) is 39.0 Å². The molecule has 108 valence electrons. The van der Waals surface area contributed by atoms with Crippen molar-refractivity contribution in [1.82, 2.24) is 0 Å². The van der Waals surface area contributed by atoms with Crippen LogP contribution in [-0.4, -0.2) is 17.7 Å². The van der Waals surface area contributed by atoms with Crippen LogP contribution < -0.4 is 0 Å². The third-order valence-corrected chi connectivity index (χ3v) is 3.11. The van der Waals surface area contributed by atoms with Gasteiger partial charge in [0.25, 0.3) is 0 Å². The average Bonchev–Trinajstić information content (AvgIpc) is 2.71. The van der Waals surface area contributed by atoms with E-state index in [0.717, 1.165) is 6.42 Å². The van der Waals surface area contributed by atoms with Crippen molar-refractivity contribution in [3.8, 4) is 0 Å². The fourth-order valence-electron chi connectivity index (χ4n) is 1.98. The van der Waals surface area contributed by atoms with Gasteiger partial charge in [-0.2, -0.15) is 0 Å². The van der Waals surface area contributed by atoms with Gasteiger partial charge in [0.1, 0.15) is 23.5 Å². The fraction of sp³-hybridized carbons (Fsp3) is 0.438. The summed E-state index contributed by atoms with van der Waals surface area (Å²) in [5.41, 5.74) is 0.986. The summed E-state index contributed by atoms with van der Waals surface area (Å²) in [5, 5.41) is 9.94. The van der Waals surface area contributed by atoms with E-state index >= 15 is 0 Å². The smallest absolute Gasteiger partial charge is 0.340 e. The van der Waals surface area contributed by atoms with Gasteiger partial charge in [0.2, 0.25) is 0 Å². The van der Waals surface area contributed by atoms with E-state index in [4.69, 9.17) is 9.15 Å². The van der Waals surface area contributed by atoms with Gasteiger partial charge in [0.05, 0.1) is 0 Å². The Morgan fingerprint density at radius 1 is 1.30 bits per heavy atom. The Kier molecular flexibility index (Phi) is 4.14. The Morgan fingerprint density at radius 2 is 2.00 bits per heavy atom. The number of carboxylic acids is 1. The average molecular weight is 276 g/mol. The highest BCUT2D eigenvalue weighted by atomic mass is 16.5. The molecule has 0 amide bonds. The minimum absolute atomic E-state index is 0.187. The molecule has 0 spiro atoms. The van der Waals surface area contributed by atoms with E-state index in [1.165, 1.54) is 0 Å². The Balaban J connectivity index is 2.13. The van der Waals surface area contributed by atoms with Crippen LogP contribution in [0.4, 0.5) is 0 Å². The molecule has 20 heavy (non-hydrogen) atoms. The predicted molar refractivity (Wildman–Crippen MR) is 76.9 cm³/mol. The van der Waals surface area contributed by atoms with Crippen LogP contribution >= 0.6 is 0 Å². The second-order valence-corrected chi connectivity index (χ2v) is 6.06. The fourth-order valence-corrected chi connectivity index (χ4v) is 1.98. The van der Waals surface area contributed by atoms with E-state index in [-0.39, 0.29) is 17.6 Å². The summed E-state index contributed by atoms with van der Waals surface area (Å²) in [4.78, 5) is 11.4. The van der Waals surface area contributed by atoms with Crippen molar-refractivity contribution >= 4 is 16.9 Å². The zero-order valence-electron chi connectivity index (χ0n) is 12.1. The molecule has 0 fully saturated rings. The van der Waals surface area contributed by atoms with Gasteiger partial charge < -0.3 is 14.3 Å². The molecular formula is C16H20O4. The van der Waals surface area contributed by atoms with Crippen molar-refractivity contribution in [3.05, 3.63) is 35.6 Å². The maximum atomic E-state index is 11.4. The number of fused-ring (bicyclic) bond motifs is 1. The van der Waals surface area contributed by atoms with Crippen LogP contribution in [0.15, 0.2) is 28.7 Å². The van der Waals surface area contributed by atoms with Gasteiger partial charge in [0, 0.05) is 12.0 Å². The first kappa shape index (κ1) is 14.6. The van der Waals surface area contributed by atoms with Crippen LogP contribution in [-0.2, 0) is 11.3 Å². The quantitative estimate of drug-likeness (QED) is 0.836. The van der Waals surface area contributed by atoms with Crippen LogP contribution in [0.2, 0.25) is 0 Å². The molecule has 1 aromatic carbocycles. The van der Waals surface area contributed by atoms with Gasteiger partial charge in [-0.3, -0.25) is 0 Å². The lowest BCUT2D eigenvalue weighted by atomic mass is 9.93. The number of carboxylic acid groups (broad SMARTS) is 1. The van der Waals surface area contributed by atoms with Gasteiger partial charge in [-0.25, -0.2) is 4.79 Å². The summed E-state index contributed by atoms with van der Waals surface area (Å²) in [5.74, 6) is -0.600. The zero-order valence-corrected chi connectivity index (χ0v) is 12.1. The third-order valence-electron chi connectivity index (χ3n) is 3.11. The Morgan fingerprint density at radius 3 is 2.65 bits per heavy atom. The van der Waals surface area contributed by atoms with Gasteiger partial charge >= 0.3 is 5.97 Å². The van der Waals surface area contributed by atoms with Crippen LogP contribution in [0.5, 0.6) is 0 Å². The predicted octanol–water partition coefficient (Wildman–Crippen LogP) is 4.08. The standard InChI is InChI=1S/C16H20O4/c1-16(2,3)8-9-19-10-13-14(15(17)18)11-6-4-5-7-12(11)20-13/h4-7H,8-10H2,1-3H3,(H,17,18). The molecule has 2 rings (SSSR count). The highest BCUT2D eigenvalue weighted by Crippen LogP contribution is 2.27. The van der Waals surface area contributed by atoms with Crippen molar-refractivity contribution in [2.45, 2.75) is 33.8 Å². The normalized spacial score (nSPS) is 11.9. The van der Waals surface area contributed by atoms with E-state index < -0.39 is 5.97 Å². The topological polar surface area (TPSA) is 59.7 Å². The molecule has 0 unspecified atom stereocenters. The molecule has 0 bridgehead atoms. The monoisotopic (exact) mass is 276 g/mol. The molecule has 0 aliphatic heterocycles. The summed E-state index contributed by atoms with van der Waals surface area (Å²) in [6.45, 7) is 7.19. The molecule has 0 aliphatic rings. The first-order chi connectivity index (χ1) is 9.38. The molecule has 0 saturated heterocycles. The van der Waals surface area contributed by atoms with Crippen molar-refractivity contribution < 1.29 is 19.1 Å². The van der Waals surface area contributed by atoms with Crippen molar-refractivity contribution in [2.75, 3.05) is 6.61 Å². The molecule has 0 aliphatic carbocycles. The minimum Gasteiger partial charge on any atom is -0.478 e. The maximum Gasteiger partial charge on any atom is 0.340 e. The summed E-state index contributed by atoms with van der Waals surface area (Å²) in [6, 6.07) is 7.14. The third kappa shape index (κ3) is 3.39. The van der Waals surface area contributed by atoms with Crippen molar-refractivity contribution in [2.24, 2.45) is 5.41 Å². The lowest BCUT2D eigenvalue weighted by molar-refractivity contribution is 0.0666. The number of carbonyl (C=O) groups is 1.